The van der Waals surface area contributed by atoms with Crippen molar-refractivity contribution in [2.24, 2.45) is 0 Å². The largest absolute Gasteiger partial charge is 0.354 e. The summed E-state index contributed by atoms with van der Waals surface area (Å²) in [5, 5.41) is 5.81. The first-order valence-corrected chi connectivity index (χ1v) is 10.3. The summed E-state index contributed by atoms with van der Waals surface area (Å²) in [4.78, 5) is 26.0. The van der Waals surface area contributed by atoms with Crippen LogP contribution in [0.5, 0.6) is 0 Å². The van der Waals surface area contributed by atoms with Gasteiger partial charge in [-0.15, -0.1) is 0 Å². The molecule has 0 bridgehead atoms. The Hall–Kier alpha value is -2.96. The van der Waals surface area contributed by atoms with Gasteiger partial charge in [0.25, 0.3) is 0 Å². The SMILES string of the molecule is CCC(=O)N1CCCN(c2nc(C)nc3c2c(C)nn3-c2ccccc2C)CC1. The zero-order valence-electron chi connectivity index (χ0n) is 17.6. The van der Waals surface area contributed by atoms with Gasteiger partial charge in [-0.3, -0.25) is 4.79 Å². The molecule has 0 aliphatic carbocycles. The second-order valence-electron chi connectivity index (χ2n) is 7.65. The predicted molar refractivity (Wildman–Crippen MR) is 115 cm³/mol. The molecule has 0 radical (unpaired) electrons. The van der Waals surface area contributed by atoms with Crippen LogP contribution in [0.1, 0.15) is 36.8 Å². The molecule has 1 saturated heterocycles. The molecule has 2 aromatic heterocycles. The van der Waals surface area contributed by atoms with Crippen LogP contribution in [-0.4, -0.2) is 56.7 Å². The number of benzene rings is 1. The number of aryl methyl sites for hydroxylation is 3. The average molecular weight is 393 g/mol. The molecule has 29 heavy (non-hydrogen) atoms. The molecule has 7 nitrogen and oxygen atoms in total. The van der Waals surface area contributed by atoms with Gasteiger partial charge in [-0.25, -0.2) is 14.6 Å². The molecular weight excluding hydrogens is 364 g/mol. The van der Waals surface area contributed by atoms with E-state index in [0.717, 1.165) is 72.2 Å². The third kappa shape index (κ3) is 3.57. The maximum Gasteiger partial charge on any atom is 0.222 e. The van der Waals surface area contributed by atoms with Crippen LogP contribution in [0, 0.1) is 20.8 Å². The van der Waals surface area contributed by atoms with E-state index in [1.807, 2.05) is 42.5 Å². The van der Waals surface area contributed by atoms with Crippen LogP contribution in [0.4, 0.5) is 5.82 Å². The number of carbonyl (C=O) groups is 1. The molecule has 7 heteroatoms. The normalized spacial score (nSPS) is 15.0. The molecule has 1 fully saturated rings. The van der Waals surface area contributed by atoms with Crippen LogP contribution in [-0.2, 0) is 4.79 Å². The molecule has 152 valence electrons. The lowest BCUT2D eigenvalue weighted by Crippen LogP contribution is -2.35. The number of amides is 1. The van der Waals surface area contributed by atoms with E-state index in [0.29, 0.717) is 6.42 Å². The van der Waals surface area contributed by atoms with Crippen molar-refractivity contribution in [1.29, 1.82) is 0 Å². The highest BCUT2D eigenvalue weighted by molar-refractivity contribution is 5.91. The standard InChI is InChI=1S/C22H28N6O/c1-5-19(29)26-11-8-12-27(14-13-26)21-20-16(3)25-28(22(20)24-17(4)23-21)18-10-7-6-9-15(18)2/h6-7,9-10H,5,8,11-14H2,1-4H3. The lowest BCUT2D eigenvalue weighted by atomic mass is 10.2. The number of carbonyl (C=O) groups excluding carboxylic acids is 1. The first-order chi connectivity index (χ1) is 14.0. The summed E-state index contributed by atoms with van der Waals surface area (Å²) >= 11 is 0. The van der Waals surface area contributed by atoms with E-state index >= 15 is 0 Å². The van der Waals surface area contributed by atoms with Crippen molar-refractivity contribution in [3.8, 4) is 5.69 Å². The number of hydrogen-bond donors (Lipinski definition) is 0. The van der Waals surface area contributed by atoms with Gasteiger partial charge in [0, 0.05) is 32.6 Å². The predicted octanol–water partition coefficient (Wildman–Crippen LogP) is 3.19. The highest BCUT2D eigenvalue weighted by Crippen LogP contribution is 2.30. The fourth-order valence-electron chi connectivity index (χ4n) is 4.07. The highest BCUT2D eigenvalue weighted by Gasteiger charge is 2.24. The Morgan fingerprint density at radius 1 is 1.03 bits per heavy atom. The summed E-state index contributed by atoms with van der Waals surface area (Å²) in [6.45, 7) is 11.1. The van der Waals surface area contributed by atoms with E-state index in [1.165, 1.54) is 0 Å². The zero-order chi connectivity index (χ0) is 20.5. The number of rotatable bonds is 3. The van der Waals surface area contributed by atoms with E-state index in [-0.39, 0.29) is 5.91 Å². The fourth-order valence-corrected chi connectivity index (χ4v) is 4.07. The van der Waals surface area contributed by atoms with E-state index in [2.05, 4.69) is 24.0 Å². The van der Waals surface area contributed by atoms with E-state index < -0.39 is 0 Å². The van der Waals surface area contributed by atoms with Crippen LogP contribution >= 0.6 is 0 Å². The second-order valence-corrected chi connectivity index (χ2v) is 7.65. The van der Waals surface area contributed by atoms with E-state index in [9.17, 15) is 4.79 Å². The van der Waals surface area contributed by atoms with Crippen molar-refractivity contribution in [2.75, 3.05) is 31.1 Å². The molecule has 3 heterocycles. The summed E-state index contributed by atoms with van der Waals surface area (Å²) in [7, 11) is 0. The van der Waals surface area contributed by atoms with Crippen molar-refractivity contribution in [3.05, 3.63) is 41.3 Å². The van der Waals surface area contributed by atoms with Crippen molar-refractivity contribution in [2.45, 2.75) is 40.5 Å². The third-order valence-corrected chi connectivity index (χ3v) is 5.59. The molecule has 4 rings (SSSR count). The second kappa shape index (κ2) is 7.81. The first kappa shape index (κ1) is 19.4. The van der Waals surface area contributed by atoms with Crippen LogP contribution in [0.3, 0.4) is 0 Å². The molecule has 0 unspecified atom stereocenters. The van der Waals surface area contributed by atoms with Gasteiger partial charge < -0.3 is 9.80 Å². The summed E-state index contributed by atoms with van der Waals surface area (Å²) in [5.41, 5.74) is 3.94. The Bertz CT molecular complexity index is 1060. The Labute approximate surface area is 171 Å². The Morgan fingerprint density at radius 3 is 2.59 bits per heavy atom. The fraction of sp³-hybridized carbons (Fsp3) is 0.455. The summed E-state index contributed by atoms with van der Waals surface area (Å²) in [6, 6.07) is 8.21. The Morgan fingerprint density at radius 2 is 1.83 bits per heavy atom. The summed E-state index contributed by atoms with van der Waals surface area (Å²) in [6.07, 6.45) is 1.49. The highest BCUT2D eigenvalue weighted by atomic mass is 16.2. The number of fused-ring (bicyclic) bond motifs is 1. The lowest BCUT2D eigenvalue weighted by molar-refractivity contribution is -0.130. The number of hydrogen-bond acceptors (Lipinski definition) is 5. The van der Waals surface area contributed by atoms with Crippen LogP contribution in [0.15, 0.2) is 24.3 Å². The number of anilines is 1. The average Bonchev–Trinajstić information content (AvgIpc) is 2.89. The quantitative estimate of drug-likeness (QED) is 0.685. The summed E-state index contributed by atoms with van der Waals surface area (Å²) in [5.74, 6) is 1.88. The van der Waals surface area contributed by atoms with Crippen molar-refractivity contribution in [1.82, 2.24) is 24.6 Å². The molecule has 0 saturated carbocycles. The minimum absolute atomic E-state index is 0.222. The van der Waals surface area contributed by atoms with Gasteiger partial charge in [-0.2, -0.15) is 5.10 Å². The molecule has 0 atom stereocenters. The van der Waals surface area contributed by atoms with Gasteiger partial charge in [-0.05, 0) is 38.8 Å². The molecule has 1 aromatic carbocycles. The summed E-state index contributed by atoms with van der Waals surface area (Å²) < 4.78 is 1.93. The molecule has 3 aromatic rings. The number of nitrogens with zero attached hydrogens (tertiary/aromatic N) is 6. The molecule has 1 amide bonds. The number of aromatic nitrogens is 4. The van der Waals surface area contributed by atoms with Crippen LogP contribution in [0.25, 0.3) is 16.7 Å². The van der Waals surface area contributed by atoms with Gasteiger partial charge in [0.15, 0.2) is 5.65 Å². The van der Waals surface area contributed by atoms with Crippen molar-refractivity contribution < 1.29 is 4.79 Å². The molecule has 0 spiro atoms. The van der Waals surface area contributed by atoms with Gasteiger partial charge in [0.2, 0.25) is 5.91 Å². The van der Waals surface area contributed by atoms with E-state index in [4.69, 9.17) is 15.1 Å². The monoisotopic (exact) mass is 392 g/mol. The van der Waals surface area contributed by atoms with Crippen molar-refractivity contribution in [3.63, 3.8) is 0 Å². The molecule has 0 N–H and O–H groups in total. The maximum atomic E-state index is 12.1. The van der Waals surface area contributed by atoms with E-state index in [1.54, 1.807) is 0 Å². The first-order valence-electron chi connectivity index (χ1n) is 10.3. The Kier molecular flexibility index (Phi) is 5.22. The minimum atomic E-state index is 0.222. The third-order valence-electron chi connectivity index (χ3n) is 5.59. The van der Waals surface area contributed by atoms with Crippen LogP contribution in [0.2, 0.25) is 0 Å². The topological polar surface area (TPSA) is 67.2 Å². The van der Waals surface area contributed by atoms with Gasteiger partial charge in [0.1, 0.15) is 11.6 Å². The minimum Gasteiger partial charge on any atom is -0.354 e. The smallest absolute Gasteiger partial charge is 0.222 e. The Balaban J connectivity index is 1.78. The van der Waals surface area contributed by atoms with Gasteiger partial charge in [-0.1, -0.05) is 25.1 Å². The zero-order valence-corrected chi connectivity index (χ0v) is 17.6. The van der Waals surface area contributed by atoms with Gasteiger partial charge >= 0.3 is 0 Å². The molecule has 1 aliphatic rings. The van der Waals surface area contributed by atoms with Crippen molar-refractivity contribution >= 4 is 22.8 Å². The number of para-hydroxylation sites is 1. The molecular formula is C22H28N6O. The molecule has 1 aliphatic heterocycles. The lowest BCUT2D eigenvalue weighted by Gasteiger charge is -2.23. The van der Waals surface area contributed by atoms with Crippen LogP contribution < -0.4 is 4.90 Å². The maximum absolute atomic E-state index is 12.1. The van der Waals surface area contributed by atoms with Gasteiger partial charge in [0.05, 0.1) is 16.8 Å².